The number of nitrogens with zero attached hydrogens (tertiary/aromatic N) is 3. The van der Waals surface area contributed by atoms with Crippen molar-refractivity contribution < 1.29 is 24.2 Å². The Morgan fingerprint density at radius 1 is 1.12 bits per heavy atom. The quantitative estimate of drug-likeness (QED) is 0.394. The van der Waals surface area contributed by atoms with Gasteiger partial charge in [-0.1, -0.05) is 61.4 Å². The summed E-state index contributed by atoms with van der Waals surface area (Å²) in [6.45, 7) is 1.80. The van der Waals surface area contributed by atoms with Gasteiger partial charge in [0.2, 0.25) is 0 Å². The van der Waals surface area contributed by atoms with Gasteiger partial charge in [-0.15, -0.1) is 0 Å². The van der Waals surface area contributed by atoms with E-state index in [4.69, 9.17) is 9.47 Å². The molecule has 5 rings (SSSR count). The second-order valence-electron chi connectivity index (χ2n) is 10.5. The average Bonchev–Trinajstić information content (AvgIpc) is 3.42. The summed E-state index contributed by atoms with van der Waals surface area (Å²) < 4.78 is 12.9. The molecule has 2 aliphatic rings. The van der Waals surface area contributed by atoms with Crippen molar-refractivity contribution in [1.29, 1.82) is 0 Å². The average molecular weight is 548 g/mol. The van der Waals surface area contributed by atoms with Crippen molar-refractivity contribution in [3.63, 3.8) is 0 Å². The van der Waals surface area contributed by atoms with Crippen molar-refractivity contribution in [3.05, 3.63) is 72.7 Å². The third kappa shape index (κ3) is 6.04. The van der Waals surface area contributed by atoms with E-state index in [2.05, 4.69) is 15.6 Å². The number of nitrogens with one attached hydrogen (secondary N) is 2. The van der Waals surface area contributed by atoms with Crippen LogP contribution in [0.5, 0.6) is 0 Å². The Hall–Kier alpha value is -3.73. The molecule has 2 amide bonds. The molecule has 1 aliphatic heterocycles. The van der Waals surface area contributed by atoms with Crippen molar-refractivity contribution in [2.45, 2.75) is 43.4 Å². The van der Waals surface area contributed by atoms with Gasteiger partial charge in [0, 0.05) is 38.0 Å². The van der Waals surface area contributed by atoms with Crippen LogP contribution in [0.4, 0.5) is 10.5 Å². The van der Waals surface area contributed by atoms with Crippen LogP contribution in [0, 0.1) is 0 Å². The fourth-order valence-electron chi connectivity index (χ4n) is 5.82. The van der Waals surface area contributed by atoms with Gasteiger partial charge < -0.3 is 29.4 Å². The molecular weight excluding hydrogens is 510 g/mol. The van der Waals surface area contributed by atoms with Gasteiger partial charge >= 0.3 is 6.09 Å². The van der Waals surface area contributed by atoms with Crippen LogP contribution in [0.1, 0.15) is 42.2 Å². The van der Waals surface area contributed by atoms with Crippen molar-refractivity contribution >= 4 is 17.7 Å². The Morgan fingerprint density at radius 2 is 1.88 bits per heavy atom. The van der Waals surface area contributed by atoms with Gasteiger partial charge in [0.05, 0.1) is 30.7 Å². The Balaban J connectivity index is 1.41. The Kier molecular flexibility index (Phi) is 8.78. The molecule has 3 aromatic rings. The summed E-state index contributed by atoms with van der Waals surface area (Å²) in [5.74, 6) is -0.234. The SMILES string of the molecule is COC[C@]1(O)CCCC[C@H]1n1cnc(C(=O)N2CCNC[C@H]2COC(=O)Nc2ccccc2)c1-c1ccccc1. The van der Waals surface area contributed by atoms with Crippen LogP contribution in [0.15, 0.2) is 67.0 Å². The Bertz CT molecular complexity index is 1280. The molecule has 1 saturated heterocycles. The van der Waals surface area contributed by atoms with E-state index in [0.717, 1.165) is 24.8 Å². The molecular formula is C30H37N5O5. The molecule has 0 spiro atoms. The minimum Gasteiger partial charge on any atom is -0.447 e. The number of hydrogen-bond donors (Lipinski definition) is 3. The van der Waals surface area contributed by atoms with Crippen LogP contribution in [0.2, 0.25) is 0 Å². The zero-order valence-corrected chi connectivity index (χ0v) is 22.8. The second-order valence-corrected chi connectivity index (χ2v) is 10.5. The lowest BCUT2D eigenvalue weighted by molar-refractivity contribution is -0.0893. The number of anilines is 1. The number of aliphatic hydroxyl groups is 1. The number of carbonyl (C=O) groups is 2. The maximum absolute atomic E-state index is 14.1. The zero-order valence-electron chi connectivity index (χ0n) is 22.8. The van der Waals surface area contributed by atoms with Crippen LogP contribution in [0.25, 0.3) is 11.3 Å². The van der Waals surface area contributed by atoms with Crippen molar-refractivity contribution in [3.8, 4) is 11.3 Å². The van der Waals surface area contributed by atoms with E-state index < -0.39 is 11.7 Å². The molecule has 212 valence electrons. The molecule has 1 aliphatic carbocycles. The lowest BCUT2D eigenvalue weighted by atomic mass is 9.80. The molecule has 2 heterocycles. The number of para-hydroxylation sites is 1. The number of carbonyl (C=O) groups excluding carboxylic acids is 2. The molecule has 0 unspecified atom stereocenters. The third-order valence-electron chi connectivity index (χ3n) is 7.77. The van der Waals surface area contributed by atoms with Crippen molar-refractivity contribution in [2.75, 3.05) is 45.3 Å². The molecule has 3 atom stereocenters. The summed E-state index contributed by atoms with van der Waals surface area (Å²) in [7, 11) is 1.59. The second kappa shape index (κ2) is 12.6. The minimum absolute atomic E-state index is 0.0367. The van der Waals surface area contributed by atoms with Crippen LogP contribution in [-0.2, 0) is 9.47 Å². The van der Waals surface area contributed by atoms with E-state index in [9.17, 15) is 14.7 Å². The Morgan fingerprint density at radius 3 is 2.62 bits per heavy atom. The van der Waals surface area contributed by atoms with E-state index >= 15 is 0 Å². The van der Waals surface area contributed by atoms with E-state index in [1.807, 2.05) is 53.1 Å². The first-order chi connectivity index (χ1) is 19.5. The van der Waals surface area contributed by atoms with Crippen LogP contribution in [-0.4, -0.2) is 83.2 Å². The molecule has 0 bridgehead atoms. The number of amides is 2. The standard InChI is InChI=1S/C30H37N5O5/c1-39-20-30(38)15-9-8-14-25(30)35-21-32-26(27(35)22-10-4-2-5-11-22)28(36)34-17-16-31-18-24(34)19-40-29(37)33-23-12-6-3-7-13-23/h2-7,10-13,21,24-25,31,38H,8-9,14-20H2,1H3,(H,33,37)/t24-,25+,30+/m0/s1. The van der Waals surface area contributed by atoms with Crippen LogP contribution in [0.3, 0.4) is 0 Å². The minimum atomic E-state index is -1.06. The van der Waals surface area contributed by atoms with Gasteiger partial charge in [-0.3, -0.25) is 10.1 Å². The number of rotatable bonds is 8. The highest BCUT2D eigenvalue weighted by Gasteiger charge is 2.42. The summed E-state index contributed by atoms with van der Waals surface area (Å²) in [4.78, 5) is 32.9. The fraction of sp³-hybridized carbons (Fsp3) is 0.433. The first-order valence-electron chi connectivity index (χ1n) is 13.8. The van der Waals surface area contributed by atoms with Gasteiger partial charge in [0.15, 0.2) is 5.69 Å². The smallest absolute Gasteiger partial charge is 0.411 e. The molecule has 3 N–H and O–H groups in total. The number of hydrogen-bond acceptors (Lipinski definition) is 7. The number of aromatic nitrogens is 2. The molecule has 1 aromatic heterocycles. The lowest BCUT2D eigenvalue weighted by Crippen LogP contribution is -2.55. The first kappa shape index (κ1) is 27.8. The van der Waals surface area contributed by atoms with Crippen molar-refractivity contribution in [1.82, 2.24) is 19.8 Å². The molecule has 2 aromatic carbocycles. The van der Waals surface area contributed by atoms with E-state index in [1.165, 1.54) is 0 Å². The number of benzene rings is 2. The maximum Gasteiger partial charge on any atom is 0.411 e. The highest BCUT2D eigenvalue weighted by atomic mass is 16.5. The van der Waals surface area contributed by atoms with Gasteiger partial charge in [-0.05, 0) is 25.0 Å². The first-order valence-corrected chi connectivity index (χ1v) is 13.8. The number of piperazine rings is 1. The summed E-state index contributed by atoms with van der Waals surface area (Å²) in [6, 6.07) is 18.1. The zero-order chi connectivity index (χ0) is 28.0. The molecule has 10 nitrogen and oxygen atoms in total. The monoisotopic (exact) mass is 547 g/mol. The third-order valence-corrected chi connectivity index (χ3v) is 7.77. The normalized spacial score (nSPS) is 23.0. The van der Waals surface area contributed by atoms with Crippen LogP contribution >= 0.6 is 0 Å². The summed E-state index contributed by atoms with van der Waals surface area (Å²) >= 11 is 0. The number of methoxy groups -OCH3 is 1. The van der Waals surface area contributed by atoms with Crippen molar-refractivity contribution in [2.24, 2.45) is 0 Å². The highest BCUT2D eigenvalue weighted by Crippen LogP contribution is 2.41. The molecule has 2 fully saturated rings. The molecule has 10 heteroatoms. The maximum atomic E-state index is 14.1. The predicted octanol–water partition coefficient (Wildman–Crippen LogP) is 3.71. The number of imidazole rings is 1. The summed E-state index contributed by atoms with van der Waals surface area (Å²) in [5, 5.41) is 17.6. The molecule has 0 radical (unpaired) electrons. The summed E-state index contributed by atoms with van der Waals surface area (Å²) in [5.41, 5.74) is 1.41. The Labute approximate surface area is 234 Å². The largest absolute Gasteiger partial charge is 0.447 e. The van der Waals surface area contributed by atoms with Gasteiger partial charge in [0.1, 0.15) is 12.2 Å². The predicted molar refractivity (Wildman–Crippen MR) is 151 cm³/mol. The van der Waals surface area contributed by atoms with E-state index in [0.29, 0.717) is 43.1 Å². The van der Waals surface area contributed by atoms with Gasteiger partial charge in [0.25, 0.3) is 5.91 Å². The van der Waals surface area contributed by atoms with Gasteiger partial charge in [-0.25, -0.2) is 9.78 Å². The van der Waals surface area contributed by atoms with E-state index in [1.54, 1.807) is 30.5 Å². The summed E-state index contributed by atoms with van der Waals surface area (Å²) in [6.07, 6.45) is 4.35. The van der Waals surface area contributed by atoms with Gasteiger partial charge in [-0.2, -0.15) is 0 Å². The molecule has 1 saturated carbocycles. The highest BCUT2D eigenvalue weighted by molar-refractivity contribution is 5.98. The van der Waals surface area contributed by atoms with E-state index in [-0.39, 0.29) is 31.2 Å². The molecule has 40 heavy (non-hydrogen) atoms. The lowest BCUT2D eigenvalue weighted by Gasteiger charge is -2.41. The topological polar surface area (TPSA) is 118 Å². The fourth-order valence-corrected chi connectivity index (χ4v) is 5.82. The number of ether oxygens (including phenoxy) is 2. The van der Waals surface area contributed by atoms with Crippen LogP contribution < -0.4 is 10.6 Å².